The Morgan fingerprint density at radius 2 is 1.94 bits per heavy atom. The van der Waals surface area contributed by atoms with E-state index in [1.807, 2.05) is 0 Å². The monoisotopic (exact) mass is 253 g/mol. The summed E-state index contributed by atoms with van der Waals surface area (Å²) in [6.07, 6.45) is -0.984. The summed E-state index contributed by atoms with van der Waals surface area (Å²) in [6, 6.07) is 8.52. The van der Waals surface area contributed by atoms with Crippen molar-refractivity contribution < 1.29 is 18.0 Å². The summed E-state index contributed by atoms with van der Waals surface area (Å²) in [4.78, 5) is 24.2. The van der Waals surface area contributed by atoms with E-state index >= 15 is 0 Å². The molecule has 0 bridgehead atoms. The fourth-order valence-electron chi connectivity index (χ4n) is 1.49. The molecule has 1 aliphatic heterocycles. The van der Waals surface area contributed by atoms with Gasteiger partial charge in [-0.1, -0.05) is 18.2 Å². The van der Waals surface area contributed by atoms with Gasteiger partial charge in [0.15, 0.2) is 17.2 Å². The zero-order chi connectivity index (χ0) is 12.4. The molecule has 0 N–H and O–H groups in total. The van der Waals surface area contributed by atoms with Crippen molar-refractivity contribution in [2.45, 2.75) is 17.4 Å². The molecule has 1 aromatic carbocycles. The van der Waals surface area contributed by atoms with Crippen LogP contribution in [0.25, 0.3) is 0 Å². The lowest BCUT2D eigenvalue weighted by Gasteiger charge is -2.09. The predicted octanol–water partition coefficient (Wildman–Crippen LogP) is 0.483. The number of hydrogen-bond acceptors (Lipinski definition) is 4. The number of nitrogens with zero attached hydrogens (tertiary/aromatic N) is 1. The van der Waals surface area contributed by atoms with Crippen LogP contribution in [-0.4, -0.2) is 34.1 Å². The molecule has 1 heterocycles. The Bertz CT molecular complexity index is 474. The highest BCUT2D eigenvalue weighted by Crippen LogP contribution is 2.18. The first-order valence-electron chi connectivity index (χ1n) is 5.04. The first-order chi connectivity index (χ1) is 8.09. The quantitative estimate of drug-likeness (QED) is 0.735. The largest absolute Gasteiger partial charge is 0.283 e. The molecular formula is C11H11NO4S. The fourth-order valence-corrected chi connectivity index (χ4v) is 2.34. The lowest BCUT2D eigenvalue weighted by atomic mass is 10.3. The van der Waals surface area contributed by atoms with E-state index in [9.17, 15) is 13.8 Å². The zero-order valence-electron chi connectivity index (χ0n) is 9.16. The number of imide groups is 1. The van der Waals surface area contributed by atoms with Crippen molar-refractivity contribution in [3.05, 3.63) is 30.3 Å². The summed E-state index contributed by atoms with van der Waals surface area (Å²) in [5, 5.41) is 0. The van der Waals surface area contributed by atoms with Crippen molar-refractivity contribution in [2.75, 3.05) is 7.05 Å². The van der Waals surface area contributed by atoms with Gasteiger partial charge in [0.1, 0.15) is 0 Å². The Morgan fingerprint density at radius 1 is 1.29 bits per heavy atom. The standard InChI is InChI=1S/C11H11NO4S/c1-12-10(13)7-9(11(12)14)16-17(15)8-5-3-2-4-6-8/h2-6,9H,7H2,1H3. The number of likely N-dealkylation sites (N-methyl/N-ethyl adjacent to an activating group) is 1. The van der Waals surface area contributed by atoms with Crippen molar-refractivity contribution in [2.24, 2.45) is 0 Å². The Morgan fingerprint density at radius 3 is 2.47 bits per heavy atom. The number of rotatable bonds is 3. The average Bonchev–Trinajstić information content (AvgIpc) is 2.58. The number of carbonyl (C=O) groups is 2. The van der Waals surface area contributed by atoms with Gasteiger partial charge in [-0.2, -0.15) is 0 Å². The Labute approximate surface area is 101 Å². The molecule has 5 nitrogen and oxygen atoms in total. The Hall–Kier alpha value is -1.53. The minimum Gasteiger partial charge on any atom is -0.283 e. The Balaban J connectivity index is 2.06. The van der Waals surface area contributed by atoms with Crippen molar-refractivity contribution in [3.63, 3.8) is 0 Å². The summed E-state index contributed by atoms with van der Waals surface area (Å²) >= 11 is -1.72. The van der Waals surface area contributed by atoms with E-state index < -0.39 is 23.1 Å². The van der Waals surface area contributed by atoms with Gasteiger partial charge in [0, 0.05) is 7.05 Å². The van der Waals surface area contributed by atoms with Crippen LogP contribution in [0.5, 0.6) is 0 Å². The molecule has 0 aromatic heterocycles. The van der Waals surface area contributed by atoms with Crippen LogP contribution in [0.3, 0.4) is 0 Å². The van der Waals surface area contributed by atoms with Crippen LogP contribution in [0, 0.1) is 0 Å². The fraction of sp³-hybridized carbons (Fsp3) is 0.273. The summed E-state index contributed by atoms with van der Waals surface area (Å²) < 4.78 is 16.9. The van der Waals surface area contributed by atoms with E-state index in [1.54, 1.807) is 30.3 Å². The maximum absolute atomic E-state index is 11.8. The van der Waals surface area contributed by atoms with Gasteiger partial charge < -0.3 is 0 Å². The highest BCUT2D eigenvalue weighted by atomic mass is 32.2. The first kappa shape index (κ1) is 11.9. The third-order valence-corrected chi connectivity index (χ3v) is 3.54. The van der Waals surface area contributed by atoms with Crippen LogP contribution in [0.2, 0.25) is 0 Å². The Kier molecular flexibility index (Phi) is 3.35. The summed E-state index contributed by atoms with van der Waals surface area (Å²) in [7, 11) is 1.39. The van der Waals surface area contributed by atoms with E-state index in [1.165, 1.54) is 7.05 Å². The minimum absolute atomic E-state index is 0.0477. The van der Waals surface area contributed by atoms with Gasteiger partial charge >= 0.3 is 0 Å². The second-order valence-electron chi connectivity index (χ2n) is 3.63. The zero-order valence-corrected chi connectivity index (χ0v) is 9.98. The molecule has 6 heteroatoms. The molecule has 0 aliphatic carbocycles. The van der Waals surface area contributed by atoms with Gasteiger partial charge in [-0.05, 0) is 12.1 Å². The summed E-state index contributed by atoms with van der Waals surface area (Å²) in [6.45, 7) is 0. The van der Waals surface area contributed by atoms with E-state index in [4.69, 9.17) is 4.18 Å². The van der Waals surface area contributed by atoms with E-state index in [0.717, 1.165) is 4.90 Å². The van der Waals surface area contributed by atoms with Gasteiger partial charge in [-0.3, -0.25) is 18.7 Å². The second-order valence-corrected chi connectivity index (χ2v) is 4.76. The highest BCUT2D eigenvalue weighted by Gasteiger charge is 2.38. The van der Waals surface area contributed by atoms with Crippen LogP contribution in [-0.2, 0) is 24.9 Å². The molecule has 1 fully saturated rings. The minimum atomic E-state index is -1.72. The molecule has 90 valence electrons. The molecule has 0 saturated carbocycles. The molecule has 0 spiro atoms. The molecule has 2 amide bonds. The number of amides is 2. The molecule has 1 aliphatic rings. The molecule has 17 heavy (non-hydrogen) atoms. The molecule has 1 aromatic rings. The highest BCUT2D eigenvalue weighted by molar-refractivity contribution is 7.80. The summed E-state index contributed by atoms with van der Waals surface area (Å²) in [5.41, 5.74) is 0. The predicted molar refractivity (Wildman–Crippen MR) is 60.1 cm³/mol. The van der Waals surface area contributed by atoms with Crippen LogP contribution < -0.4 is 0 Å². The van der Waals surface area contributed by atoms with Crippen molar-refractivity contribution >= 4 is 22.9 Å². The van der Waals surface area contributed by atoms with E-state index in [2.05, 4.69) is 0 Å². The van der Waals surface area contributed by atoms with E-state index in [0.29, 0.717) is 4.90 Å². The third-order valence-electron chi connectivity index (χ3n) is 2.48. The molecule has 2 atom stereocenters. The molecular weight excluding hydrogens is 242 g/mol. The number of likely N-dealkylation sites (tertiary alicyclic amines) is 1. The van der Waals surface area contributed by atoms with Crippen molar-refractivity contribution in [1.29, 1.82) is 0 Å². The summed E-state index contributed by atoms with van der Waals surface area (Å²) in [5.74, 6) is -0.760. The molecule has 2 rings (SSSR count). The SMILES string of the molecule is CN1C(=O)CC(OS(=O)c2ccccc2)C1=O. The maximum atomic E-state index is 11.8. The van der Waals surface area contributed by atoms with Crippen LogP contribution >= 0.6 is 0 Å². The van der Waals surface area contributed by atoms with Gasteiger partial charge in [-0.15, -0.1) is 0 Å². The van der Waals surface area contributed by atoms with Crippen molar-refractivity contribution in [3.8, 4) is 0 Å². The number of benzene rings is 1. The first-order valence-corrected chi connectivity index (χ1v) is 6.11. The molecule has 2 unspecified atom stereocenters. The van der Waals surface area contributed by atoms with Crippen molar-refractivity contribution in [1.82, 2.24) is 4.90 Å². The molecule has 1 saturated heterocycles. The van der Waals surface area contributed by atoms with Gasteiger partial charge in [-0.25, -0.2) is 4.21 Å². The van der Waals surface area contributed by atoms with Crippen LogP contribution in [0.4, 0.5) is 0 Å². The normalized spacial score (nSPS) is 21.9. The maximum Gasteiger partial charge on any atom is 0.260 e. The molecule has 0 radical (unpaired) electrons. The van der Waals surface area contributed by atoms with Gasteiger partial charge in [0.05, 0.1) is 11.3 Å². The van der Waals surface area contributed by atoms with Crippen LogP contribution in [0.15, 0.2) is 35.2 Å². The average molecular weight is 253 g/mol. The number of carbonyl (C=O) groups excluding carboxylic acids is 2. The third kappa shape index (κ3) is 2.42. The smallest absolute Gasteiger partial charge is 0.260 e. The number of hydrogen-bond donors (Lipinski definition) is 0. The van der Waals surface area contributed by atoms with Crippen LogP contribution in [0.1, 0.15) is 6.42 Å². The topological polar surface area (TPSA) is 63.7 Å². The van der Waals surface area contributed by atoms with Gasteiger partial charge in [0.25, 0.3) is 5.91 Å². The lowest BCUT2D eigenvalue weighted by molar-refractivity contribution is -0.138. The van der Waals surface area contributed by atoms with Gasteiger partial charge in [0.2, 0.25) is 5.91 Å². The second kappa shape index (κ2) is 4.77. The lowest BCUT2D eigenvalue weighted by Crippen LogP contribution is -2.29. The van der Waals surface area contributed by atoms with E-state index in [-0.39, 0.29) is 12.3 Å².